The Morgan fingerprint density at radius 1 is 1.44 bits per heavy atom. The van der Waals surface area contributed by atoms with E-state index in [9.17, 15) is 0 Å². The molecule has 0 aliphatic heterocycles. The number of aromatic nitrogens is 3. The molecule has 0 atom stereocenters. The fourth-order valence-corrected chi connectivity index (χ4v) is 2.36. The molecule has 2 aromatic heterocycles. The summed E-state index contributed by atoms with van der Waals surface area (Å²) in [5, 5.41) is 7.69. The third kappa shape index (κ3) is 2.37. The third-order valence-electron chi connectivity index (χ3n) is 3.36. The fourth-order valence-electron chi connectivity index (χ4n) is 2.36. The highest BCUT2D eigenvalue weighted by molar-refractivity contribution is 5.45. The molecule has 4 heteroatoms. The Morgan fingerprint density at radius 2 is 2.39 bits per heavy atom. The van der Waals surface area contributed by atoms with Gasteiger partial charge in [-0.25, -0.2) is 4.52 Å². The molecule has 1 aliphatic rings. The van der Waals surface area contributed by atoms with Crippen LogP contribution < -0.4 is 5.32 Å². The summed E-state index contributed by atoms with van der Waals surface area (Å²) in [6, 6.07) is 4.08. The SMILES string of the molecule is Cc1ccn2nc(NCCC3=CCCC3)nc2c1. The third-order valence-corrected chi connectivity index (χ3v) is 3.36. The number of hydrogen-bond donors (Lipinski definition) is 1. The van der Waals surface area contributed by atoms with Gasteiger partial charge in [-0.05, 0) is 50.3 Å². The first-order valence-electron chi connectivity index (χ1n) is 6.56. The van der Waals surface area contributed by atoms with Crippen molar-refractivity contribution in [1.82, 2.24) is 14.6 Å². The molecule has 0 amide bonds. The van der Waals surface area contributed by atoms with Gasteiger partial charge in [0.2, 0.25) is 5.95 Å². The second kappa shape index (κ2) is 4.80. The van der Waals surface area contributed by atoms with Gasteiger partial charge in [0.15, 0.2) is 5.65 Å². The molecule has 2 aromatic rings. The highest BCUT2D eigenvalue weighted by Gasteiger charge is 2.06. The number of nitrogens with zero attached hydrogens (tertiary/aromatic N) is 3. The zero-order valence-corrected chi connectivity index (χ0v) is 10.7. The molecule has 0 radical (unpaired) electrons. The minimum Gasteiger partial charge on any atom is -0.353 e. The Hall–Kier alpha value is -1.84. The van der Waals surface area contributed by atoms with E-state index >= 15 is 0 Å². The van der Waals surface area contributed by atoms with Gasteiger partial charge < -0.3 is 5.32 Å². The normalized spacial score (nSPS) is 15.1. The zero-order chi connectivity index (χ0) is 12.4. The van der Waals surface area contributed by atoms with Crippen molar-refractivity contribution in [2.45, 2.75) is 32.6 Å². The summed E-state index contributed by atoms with van der Waals surface area (Å²) in [5.41, 5.74) is 3.68. The summed E-state index contributed by atoms with van der Waals surface area (Å²) in [6.07, 6.45) is 9.25. The molecule has 18 heavy (non-hydrogen) atoms. The summed E-state index contributed by atoms with van der Waals surface area (Å²) in [4.78, 5) is 4.46. The van der Waals surface area contributed by atoms with E-state index in [0.29, 0.717) is 0 Å². The molecular formula is C14H18N4. The number of pyridine rings is 1. The maximum atomic E-state index is 4.46. The number of anilines is 1. The lowest BCUT2D eigenvalue weighted by molar-refractivity contribution is 0.857. The van der Waals surface area contributed by atoms with E-state index in [1.807, 2.05) is 22.8 Å². The van der Waals surface area contributed by atoms with Crippen LogP contribution in [0.15, 0.2) is 30.0 Å². The van der Waals surface area contributed by atoms with Crippen molar-refractivity contribution >= 4 is 11.6 Å². The Balaban J connectivity index is 1.63. The topological polar surface area (TPSA) is 42.2 Å². The Morgan fingerprint density at radius 3 is 3.22 bits per heavy atom. The van der Waals surface area contributed by atoms with Crippen molar-refractivity contribution in [2.75, 3.05) is 11.9 Å². The Kier molecular flexibility index (Phi) is 3.00. The summed E-state index contributed by atoms with van der Waals surface area (Å²) in [5.74, 6) is 0.721. The van der Waals surface area contributed by atoms with E-state index in [1.54, 1.807) is 5.57 Å². The monoisotopic (exact) mass is 242 g/mol. The first kappa shape index (κ1) is 11.3. The highest BCUT2D eigenvalue weighted by atomic mass is 15.3. The maximum absolute atomic E-state index is 4.46. The minimum absolute atomic E-state index is 0.721. The molecule has 4 nitrogen and oxygen atoms in total. The first-order valence-corrected chi connectivity index (χ1v) is 6.56. The van der Waals surface area contributed by atoms with Gasteiger partial charge in [-0.3, -0.25) is 0 Å². The van der Waals surface area contributed by atoms with Crippen molar-refractivity contribution in [3.8, 4) is 0 Å². The van der Waals surface area contributed by atoms with Crippen molar-refractivity contribution in [1.29, 1.82) is 0 Å². The predicted molar refractivity (Wildman–Crippen MR) is 72.8 cm³/mol. The highest BCUT2D eigenvalue weighted by Crippen LogP contribution is 2.20. The van der Waals surface area contributed by atoms with Gasteiger partial charge in [-0.15, -0.1) is 5.10 Å². The molecule has 0 bridgehead atoms. The van der Waals surface area contributed by atoms with Gasteiger partial charge in [0.05, 0.1) is 0 Å². The molecule has 1 N–H and O–H groups in total. The number of fused-ring (bicyclic) bond motifs is 1. The van der Waals surface area contributed by atoms with E-state index in [2.05, 4.69) is 28.4 Å². The molecule has 0 aromatic carbocycles. The quantitative estimate of drug-likeness (QED) is 0.838. The van der Waals surface area contributed by atoms with Crippen LogP contribution in [-0.4, -0.2) is 21.1 Å². The number of aryl methyl sites for hydroxylation is 1. The Bertz CT molecular complexity index is 582. The molecule has 2 heterocycles. The van der Waals surface area contributed by atoms with Crippen molar-refractivity contribution < 1.29 is 0 Å². The Labute approximate surface area is 107 Å². The van der Waals surface area contributed by atoms with Crippen molar-refractivity contribution in [3.05, 3.63) is 35.5 Å². The second-order valence-electron chi connectivity index (χ2n) is 4.87. The molecule has 0 unspecified atom stereocenters. The van der Waals surface area contributed by atoms with Crippen LogP contribution in [0.3, 0.4) is 0 Å². The standard InChI is InChI=1S/C14H18N4/c1-11-7-9-18-13(10-11)16-14(17-18)15-8-6-12-4-2-3-5-12/h4,7,9-10H,2-3,5-6,8H2,1H3,(H,15,17). The van der Waals surface area contributed by atoms with Crippen molar-refractivity contribution in [2.24, 2.45) is 0 Å². The van der Waals surface area contributed by atoms with Crippen LogP contribution in [0, 0.1) is 6.92 Å². The summed E-state index contributed by atoms with van der Waals surface area (Å²) < 4.78 is 1.81. The molecule has 0 fully saturated rings. The van der Waals surface area contributed by atoms with Crippen LogP contribution in [0.2, 0.25) is 0 Å². The number of hydrogen-bond acceptors (Lipinski definition) is 3. The number of nitrogens with one attached hydrogen (secondary N) is 1. The zero-order valence-electron chi connectivity index (χ0n) is 10.7. The van der Waals surface area contributed by atoms with Crippen molar-refractivity contribution in [3.63, 3.8) is 0 Å². The minimum atomic E-state index is 0.721. The van der Waals surface area contributed by atoms with Crippen LogP contribution in [0.5, 0.6) is 0 Å². The number of rotatable bonds is 4. The summed E-state index contributed by atoms with van der Waals surface area (Å²) in [7, 11) is 0. The lowest BCUT2D eigenvalue weighted by Crippen LogP contribution is -2.03. The second-order valence-corrected chi connectivity index (χ2v) is 4.87. The van der Waals surface area contributed by atoms with Gasteiger partial charge >= 0.3 is 0 Å². The van der Waals surface area contributed by atoms with Gasteiger partial charge in [0.1, 0.15) is 0 Å². The molecule has 0 saturated heterocycles. The van der Waals surface area contributed by atoms with E-state index in [0.717, 1.165) is 24.6 Å². The fraction of sp³-hybridized carbons (Fsp3) is 0.429. The van der Waals surface area contributed by atoms with Crippen LogP contribution in [0.1, 0.15) is 31.2 Å². The van der Waals surface area contributed by atoms with E-state index in [4.69, 9.17) is 0 Å². The van der Waals surface area contributed by atoms with Gasteiger partial charge in [0.25, 0.3) is 0 Å². The molecular weight excluding hydrogens is 224 g/mol. The molecule has 3 rings (SSSR count). The van der Waals surface area contributed by atoms with E-state index in [1.165, 1.54) is 24.8 Å². The van der Waals surface area contributed by atoms with Crippen LogP contribution >= 0.6 is 0 Å². The lowest BCUT2D eigenvalue weighted by Gasteiger charge is -2.02. The predicted octanol–water partition coefficient (Wildman–Crippen LogP) is 2.95. The molecule has 94 valence electrons. The summed E-state index contributed by atoms with van der Waals surface area (Å²) >= 11 is 0. The first-order chi connectivity index (χ1) is 8.81. The maximum Gasteiger partial charge on any atom is 0.243 e. The number of allylic oxidation sites excluding steroid dienone is 1. The van der Waals surface area contributed by atoms with Gasteiger partial charge in [-0.1, -0.05) is 11.6 Å². The largest absolute Gasteiger partial charge is 0.353 e. The average molecular weight is 242 g/mol. The van der Waals surface area contributed by atoms with Crippen LogP contribution in [0.25, 0.3) is 5.65 Å². The average Bonchev–Trinajstić information content (AvgIpc) is 2.97. The smallest absolute Gasteiger partial charge is 0.243 e. The molecule has 0 saturated carbocycles. The van der Waals surface area contributed by atoms with Crippen LogP contribution in [-0.2, 0) is 0 Å². The molecule has 0 spiro atoms. The summed E-state index contributed by atoms with van der Waals surface area (Å²) in [6.45, 7) is 2.98. The van der Waals surface area contributed by atoms with Crippen LogP contribution in [0.4, 0.5) is 5.95 Å². The van der Waals surface area contributed by atoms with E-state index < -0.39 is 0 Å². The van der Waals surface area contributed by atoms with Gasteiger partial charge in [-0.2, -0.15) is 4.98 Å². The lowest BCUT2D eigenvalue weighted by atomic mass is 10.2. The molecule has 1 aliphatic carbocycles. The van der Waals surface area contributed by atoms with Gasteiger partial charge in [0, 0.05) is 12.7 Å². The van der Waals surface area contributed by atoms with E-state index in [-0.39, 0.29) is 0 Å².